The minimum absolute atomic E-state index is 0.253. The minimum Gasteiger partial charge on any atom is -0.465 e. The molecule has 0 spiro atoms. The van der Waals surface area contributed by atoms with E-state index in [4.69, 9.17) is 5.11 Å². The largest absolute Gasteiger partial charge is 0.465 e. The van der Waals surface area contributed by atoms with E-state index in [2.05, 4.69) is 53.0 Å². The lowest BCUT2D eigenvalue weighted by Crippen LogP contribution is -2.34. The average molecular weight is 293 g/mol. The molecule has 0 radical (unpaired) electrons. The van der Waals surface area contributed by atoms with Crippen molar-refractivity contribution in [2.75, 3.05) is 13.1 Å². The molecular weight excluding hydrogens is 266 g/mol. The van der Waals surface area contributed by atoms with Gasteiger partial charge in [0.15, 0.2) is 0 Å². The van der Waals surface area contributed by atoms with Crippen molar-refractivity contribution in [3.8, 4) is 0 Å². The quantitative estimate of drug-likeness (QED) is 0.598. The first kappa shape index (κ1) is 18.0. The Kier molecular flexibility index (Phi) is 8.95. The molecule has 0 aliphatic heterocycles. The molecule has 1 amide bonds. The highest BCUT2D eigenvalue weighted by atomic mass is 32.1. The maximum Gasteiger partial charge on any atom is 0.407 e. The van der Waals surface area contributed by atoms with E-state index in [0.29, 0.717) is 24.9 Å². The van der Waals surface area contributed by atoms with Crippen LogP contribution in [-0.2, 0) is 0 Å². The zero-order chi connectivity index (χ0) is 14.3. The van der Waals surface area contributed by atoms with E-state index < -0.39 is 6.09 Å². The van der Waals surface area contributed by atoms with Crippen molar-refractivity contribution in [2.24, 2.45) is 11.8 Å². The average Bonchev–Trinajstić information content (AvgIpc) is 2.27. The number of carboxylic acid groups (broad SMARTS) is 1. The van der Waals surface area contributed by atoms with Crippen LogP contribution in [0.2, 0.25) is 0 Å². The van der Waals surface area contributed by atoms with Crippen LogP contribution in [0.15, 0.2) is 0 Å². The van der Waals surface area contributed by atoms with Crippen molar-refractivity contribution in [3.05, 3.63) is 0 Å². The van der Waals surface area contributed by atoms with Gasteiger partial charge in [-0.15, -0.1) is 0 Å². The highest BCUT2D eigenvalue weighted by molar-refractivity contribution is 7.81. The molecule has 0 aromatic heterocycles. The van der Waals surface area contributed by atoms with Crippen LogP contribution in [0.4, 0.5) is 4.79 Å². The summed E-state index contributed by atoms with van der Waals surface area (Å²) in [5.74, 6) is 0.939. The van der Waals surface area contributed by atoms with Crippen molar-refractivity contribution >= 4 is 31.4 Å². The van der Waals surface area contributed by atoms with Crippen molar-refractivity contribution in [3.63, 3.8) is 0 Å². The molecule has 0 saturated heterocycles. The van der Waals surface area contributed by atoms with Gasteiger partial charge in [0.2, 0.25) is 0 Å². The van der Waals surface area contributed by atoms with Crippen molar-refractivity contribution < 1.29 is 9.90 Å². The van der Waals surface area contributed by atoms with Crippen LogP contribution in [0, 0.1) is 11.8 Å². The third kappa shape index (κ3) is 7.41. The number of hydrogen-bond donors (Lipinski definition) is 3. The van der Waals surface area contributed by atoms with Crippen molar-refractivity contribution in [1.82, 2.24) is 4.90 Å². The lowest BCUT2D eigenvalue weighted by atomic mass is 10.1. The molecular formula is C13H27NO2S2. The highest BCUT2D eigenvalue weighted by Gasteiger charge is 2.17. The van der Waals surface area contributed by atoms with E-state index in [1.165, 1.54) is 4.90 Å². The number of thiol groups is 2. The molecule has 0 bridgehead atoms. The molecule has 0 aromatic rings. The summed E-state index contributed by atoms with van der Waals surface area (Å²) < 4.78 is 0. The van der Waals surface area contributed by atoms with Crippen molar-refractivity contribution in [1.29, 1.82) is 0 Å². The second-order valence-corrected chi connectivity index (χ2v) is 6.80. The van der Waals surface area contributed by atoms with Crippen LogP contribution in [0.5, 0.6) is 0 Å². The molecule has 0 rings (SSSR count). The summed E-state index contributed by atoms with van der Waals surface area (Å²) in [5, 5.41) is 9.66. The summed E-state index contributed by atoms with van der Waals surface area (Å²) in [6.07, 6.45) is 0.751. The van der Waals surface area contributed by atoms with Gasteiger partial charge in [0.05, 0.1) is 0 Å². The molecule has 108 valence electrons. The smallest absolute Gasteiger partial charge is 0.407 e. The zero-order valence-corrected chi connectivity index (χ0v) is 13.6. The number of amides is 1. The van der Waals surface area contributed by atoms with Gasteiger partial charge in [-0.1, -0.05) is 27.7 Å². The van der Waals surface area contributed by atoms with E-state index in [1.54, 1.807) is 0 Å². The Hall–Kier alpha value is -0.0300. The Labute approximate surface area is 122 Å². The van der Waals surface area contributed by atoms with Gasteiger partial charge in [-0.05, 0) is 24.7 Å². The summed E-state index contributed by atoms with van der Waals surface area (Å²) in [6, 6.07) is 0. The normalized spacial score (nSPS) is 14.9. The second-order valence-electron chi connectivity index (χ2n) is 5.47. The van der Waals surface area contributed by atoms with Crippen LogP contribution in [0.3, 0.4) is 0 Å². The molecule has 0 fully saturated rings. The fraction of sp³-hybridized carbons (Fsp3) is 0.923. The molecule has 0 aromatic carbocycles. The molecule has 18 heavy (non-hydrogen) atoms. The van der Waals surface area contributed by atoms with Gasteiger partial charge in [-0.2, -0.15) is 25.3 Å². The first-order valence-electron chi connectivity index (χ1n) is 6.59. The molecule has 2 unspecified atom stereocenters. The van der Waals surface area contributed by atoms with Gasteiger partial charge in [-0.25, -0.2) is 4.79 Å². The van der Waals surface area contributed by atoms with E-state index in [-0.39, 0.29) is 10.5 Å². The third-order valence-corrected chi connectivity index (χ3v) is 4.91. The SMILES string of the molecule is CC(C)C(S)CCN(CCC(S)C(C)C)C(=O)O. The molecule has 0 heterocycles. The monoisotopic (exact) mass is 293 g/mol. The molecule has 3 nitrogen and oxygen atoms in total. The summed E-state index contributed by atoms with van der Waals surface area (Å²) in [6.45, 7) is 9.52. The molecule has 5 heteroatoms. The van der Waals surface area contributed by atoms with Gasteiger partial charge in [-0.3, -0.25) is 0 Å². The third-order valence-electron chi connectivity index (χ3n) is 3.20. The van der Waals surface area contributed by atoms with Gasteiger partial charge in [0.1, 0.15) is 0 Å². The van der Waals surface area contributed by atoms with Gasteiger partial charge >= 0.3 is 6.09 Å². The predicted octanol–water partition coefficient (Wildman–Crippen LogP) is 3.66. The van der Waals surface area contributed by atoms with E-state index in [1.807, 2.05) is 0 Å². The number of rotatable bonds is 8. The highest BCUT2D eigenvalue weighted by Crippen LogP contribution is 2.16. The molecule has 0 aliphatic carbocycles. The number of carbonyl (C=O) groups is 1. The Morgan fingerprint density at radius 3 is 1.56 bits per heavy atom. The summed E-state index contributed by atoms with van der Waals surface area (Å²) in [7, 11) is 0. The molecule has 0 aliphatic rings. The summed E-state index contributed by atoms with van der Waals surface area (Å²) in [4.78, 5) is 12.6. The number of nitrogens with zero attached hydrogens (tertiary/aromatic N) is 1. The molecule has 0 saturated carbocycles. The Morgan fingerprint density at radius 1 is 1.00 bits per heavy atom. The lowest BCUT2D eigenvalue weighted by molar-refractivity contribution is 0.143. The fourth-order valence-electron chi connectivity index (χ4n) is 1.55. The first-order valence-corrected chi connectivity index (χ1v) is 7.63. The lowest BCUT2D eigenvalue weighted by Gasteiger charge is -2.24. The summed E-state index contributed by atoms with van der Waals surface area (Å²) in [5.41, 5.74) is 0. The fourth-order valence-corrected chi connectivity index (χ4v) is 1.78. The first-order chi connectivity index (χ1) is 8.25. The predicted molar refractivity (Wildman–Crippen MR) is 84.1 cm³/mol. The van der Waals surface area contributed by atoms with Crippen LogP contribution in [0.1, 0.15) is 40.5 Å². The van der Waals surface area contributed by atoms with E-state index in [0.717, 1.165) is 12.8 Å². The number of hydrogen-bond acceptors (Lipinski definition) is 3. The van der Waals surface area contributed by atoms with Gasteiger partial charge in [0.25, 0.3) is 0 Å². The molecule has 1 N–H and O–H groups in total. The van der Waals surface area contributed by atoms with E-state index >= 15 is 0 Å². The maximum atomic E-state index is 11.1. The Balaban J connectivity index is 4.12. The van der Waals surface area contributed by atoms with Gasteiger partial charge in [0, 0.05) is 23.6 Å². The second kappa shape index (κ2) is 8.97. The standard InChI is InChI=1S/C13H27NO2S2/c1-9(2)11(17)5-7-14(13(15)16)8-6-12(18)10(3)4/h9-12,17-18H,5-8H2,1-4H3,(H,15,16). The van der Waals surface area contributed by atoms with Crippen LogP contribution in [-0.4, -0.2) is 39.7 Å². The molecule has 2 atom stereocenters. The van der Waals surface area contributed by atoms with Gasteiger partial charge < -0.3 is 10.0 Å². The topological polar surface area (TPSA) is 40.5 Å². The maximum absolute atomic E-state index is 11.1. The van der Waals surface area contributed by atoms with Crippen LogP contribution < -0.4 is 0 Å². The van der Waals surface area contributed by atoms with E-state index in [9.17, 15) is 4.79 Å². The van der Waals surface area contributed by atoms with Crippen molar-refractivity contribution in [2.45, 2.75) is 51.0 Å². The summed E-state index contributed by atoms with van der Waals surface area (Å²) >= 11 is 8.95. The Bertz CT molecular complexity index is 229. The minimum atomic E-state index is -0.844. The van der Waals surface area contributed by atoms with Crippen LogP contribution >= 0.6 is 25.3 Å². The zero-order valence-electron chi connectivity index (χ0n) is 11.8. The Morgan fingerprint density at radius 2 is 1.33 bits per heavy atom. The van der Waals surface area contributed by atoms with Crippen LogP contribution in [0.25, 0.3) is 0 Å².